The minimum absolute atomic E-state index is 0.0168. The van der Waals surface area contributed by atoms with Crippen molar-refractivity contribution in [1.29, 1.82) is 0 Å². The first-order valence-electron chi connectivity index (χ1n) is 46.9. The van der Waals surface area contributed by atoms with Crippen LogP contribution in [0, 0.1) is 23.7 Å². The lowest BCUT2D eigenvalue weighted by molar-refractivity contribution is -0.149. The summed E-state index contributed by atoms with van der Waals surface area (Å²) in [4.78, 5) is 85.0. The Kier molecular flexibility index (Phi) is 80.9. The van der Waals surface area contributed by atoms with Crippen molar-refractivity contribution in [2.45, 2.75) is 478 Å². The molecule has 0 aliphatic rings. The largest absolute Gasteiger partial charge is 0.466 e. The summed E-state index contributed by atoms with van der Waals surface area (Å²) in [6.45, 7) is 16.9. The molecule has 0 aromatic carbocycles. The van der Waals surface area contributed by atoms with Crippen LogP contribution in [0.4, 0.5) is 0 Å². The van der Waals surface area contributed by atoms with Crippen LogP contribution in [0.3, 0.4) is 0 Å². The quantitative estimate of drug-likeness (QED) is 0.0254. The Hall–Kier alpha value is -3.97. The fraction of sp³-hybridized carbons (Fsp3) is 0.904. The van der Waals surface area contributed by atoms with Crippen molar-refractivity contribution < 1.29 is 57.2 Å². The van der Waals surface area contributed by atoms with Crippen LogP contribution in [0.2, 0.25) is 0 Å². The number of esters is 5. The average Bonchev–Trinajstić information content (AvgIpc) is 0.957. The van der Waals surface area contributed by atoms with Crippen molar-refractivity contribution in [3.63, 3.8) is 0 Å². The maximum Gasteiger partial charge on any atom is 0.330 e. The highest BCUT2D eigenvalue weighted by Crippen LogP contribution is 2.36. The molecule has 0 bridgehead atoms. The Bertz CT molecular complexity index is 2030. The van der Waals surface area contributed by atoms with Crippen molar-refractivity contribution in [1.82, 2.24) is 10.6 Å². The molecular weight excluding hydrogens is 1350 g/mol. The second-order valence-corrected chi connectivity index (χ2v) is 32.5. The Morgan fingerprint density at radius 1 is 0.231 bits per heavy atom. The molecule has 0 saturated heterocycles. The molecule has 0 saturated carbocycles. The molecular formula is C94H176N2O12. The molecule has 634 valence electrons. The molecule has 0 rings (SSSR count). The van der Waals surface area contributed by atoms with Crippen molar-refractivity contribution in [3.05, 3.63) is 12.7 Å². The van der Waals surface area contributed by atoms with Gasteiger partial charge in [-0.15, -0.1) is 0 Å². The molecule has 4 atom stereocenters. The number of unbranched alkanes of at least 4 members (excludes halogenated alkanes) is 44. The summed E-state index contributed by atoms with van der Waals surface area (Å²) in [6, 6.07) is 0. The summed E-state index contributed by atoms with van der Waals surface area (Å²) in [5, 5.41) is 6.13. The third-order valence-electron chi connectivity index (χ3n) is 22.5. The van der Waals surface area contributed by atoms with E-state index in [2.05, 4.69) is 44.9 Å². The fourth-order valence-corrected chi connectivity index (χ4v) is 15.7. The zero-order valence-corrected chi connectivity index (χ0v) is 71.7. The maximum absolute atomic E-state index is 12.8. The normalized spacial score (nSPS) is 12.5. The molecule has 108 heavy (non-hydrogen) atoms. The fourth-order valence-electron chi connectivity index (χ4n) is 15.7. The van der Waals surface area contributed by atoms with Gasteiger partial charge in [0.1, 0.15) is 13.2 Å². The number of ether oxygens (including phenoxy) is 5. The Morgan fingerprint density at radius 2 is 0.435 bits per heavy atom. The molecule has 0 radical (unpaired) electrons. The van der Waals surface area contributed by atoms with Gasteiger partial charge in [-0.3, -0.25) is 28.8 Å². The van der Waals surface area contributed by atoms with Gasteiger partial charge < -0.3 is 34.3 Å². The van der Waals surface area contributed by atoms with Gasteiger partial charge in [-0.05, 0) is 94.3 Å². The van der Waals surface area contributed by atoms with Gasteiger partial charge in [-0.25, -0.2) is 4.79 Å². The monoisotopic (exact) mass is 1530 g/mol. The molecule has 14 heteroatoms. The van der Waals surface area contributed by atoms with Crippen LogP contribution in [-0.4, -0.2) is 87.8 Å². The second-order valence-electron chi connectivity index (χ2n) is 32.5. The molecule has 0 spiro atoms. The lowest BCUT2D eigenvalue weighted by Crippen LogP contribution is -2.34. The van der Waals surface area contributed by atoms with Crippen LogP contribution in [0.25, 0.3) is 0 Å². The van der Waals surface area contributed by atoms with Gasteiger partial charge >= 0.3 is 29.8 Å². The van der Waals surface area contributed by atoms with Crippen LogP contribution in [0.1, 0.15) is 478 Å². The molecule has 2 N–H and O–H groups in total. The molecule has 0 aliphatic carbocycles. The lowest BCUT2D eigenvalue weighted by atomic mass is 9.78. The van der Waals surface area contributed by atoms with Crippen molar-refractivity contribution in [2.24, 2.45) is 23.7 Å². The zero-order valence-electron chi connectivity index (χ0n) is 71.7. The smallest absolute Gasteiger partial charge is 0.330 e. The number of rotatable bonds is 87. The standard InChI is InChI=1S/C94H176N2O12/c1-7-13-17-21-33-47-63-84(86(65-49-35-23-19-15-9-3)69-53-39-27-31-43-57-73-92(101)105-80-61-45-59-75-91(100)104-79-11-5)67-51-37-25-29-41-55-71-88(97)95-77-78-96-89(98)72-56-42-30-26-38-52-68-85(64-48-34-22-18-14-8-2)87(66-50-36-24-20-16-10-4)70-54-40-28-32-44-58-74-93(102)106-81-62-46-60-76-94(103)108-83-82-107-90(99)12-6/h12,84-87H,6-11,13-83H2,1-5H3,(H,95,97)(H,96,98). The molecule has 0 aliphatic heterocycles. The van der Waals surface area contributed by atoms with Crippen LogP contribution in [0.5, 0.6) is 0 Å². The van der Waals surface area contributed by atoms with Gasteiger partial charge in [0.05, 0.1) is 19.8 Å². The molecule has 0 fully saturated rings. The summed E-state index contributed by atoms with van der Waals surface area (Å²) in [5.41, 5.74) is 0. The van der Waals surface area contributed by atoms with Crippen LogP contribution >= 0.6 is 0 Å². The Labute approximate surface area is 666 Å². The third kappa shape index (κ3) is 74.8. The van der Waals surface area contributed by atoms with E-state index in [1.807, 2.05) is 6.92 Å². The highest BCUT2D eigenvalue weighted by atomic mass is 16.6. The number of nitrogens with one attached hydrogen (secondary N) is 2. The molecule has 0 heterocycles. The van der Waals surface area contributed by atoms with Gasteiger partial charge in [0.2, 0.25) is 11.8 Å². The van der Waals surface area contributed by atoms with E-state index >= 15 is 0 Å². The molecule has 0 aromatic rings. The number of amides is 2. The molecule has 0 aromatic heterocycles. The maximum atomic E-state index is 12.8. The van der Waals surface area contributed by atoms with E-state index in [0.29, 0.717) is 71.4 Å². The van der Waals surface area contributed by atoms with Gasteiger partial charge in [0.15, 0.2) is 0 Å². The van der Waals surface area contributed by atoms with E-state index in [0.717, 1.165) is 120 Å². The van der Waals surface area contributed by atoms with Gasteiger partial charge in [0.25, 0.3) is 0 Å². The summed E-state index contributed by atoms with van der Waals surface area (Å²) in [5.74, 6) is 2.33. The topological polar surface area (TPSA) is 190 Å². The Morgan fingerprint density at radius 3 is 0.685 bits per heavy atom. The Balaban J connectivity index is 4.78. The minimum Gasteiger partial charge on any atom is -0.466 e. The van der Waals surface area contributed by atoms with Crippen LogP contribution in [-0.2, 0) is 57.2 Å². The van der Waals surface area contributed by atoms with Crippen LogP contribution < -0.4 is 10.6 Å². The van der Waals surface area contributed by atoms with E-state index in [1.165, 1.54) is 308 Å². The van der Waals surface area contributed by atoms with E-state index in [4.69, 9.17) is 23.7 Å². The number of hydrogen-bond acceptors (Lipinski definition) is 12. The van der Waals surface area contributed by atoms with E-state index < -0.39 is 5.97 Å². The summed E-state index contributed by atoms with van der Waals surface area (Å²) < 4.78 is 26.0. The number of carbonyl (C=O) groups is 7. The first-order chi connectivity index (χ1) is 52.9. The lowest BCUT2D eigenvalue weighted by Gasteiger charge is -2.28. The predicted molar refractivity (Wildman–Crippen MR) is 452 cm³/mol. The summed E-state index contributed by atoms with van der Waals surface area (Å²) in [7, 11) is 0. The highest BCUT2D eigenvalue weighted by molar-refractivity contribution is 5.81. The van der Waals surface area contributed by atoms with Gasteiger partial charge in [-0.2, -0.15) is 0 Å². The van der Waals surface area contributed by atoms with Gasteiger partial charge in [-0.1, -0.05) is 375 Å². The SMILES string of the molecule is C=CC(=O)OCCOC(=O)CCCCCOC(=O)CCCCCCCCC(CCCCCCCC)C(CCCCCCCC)CCCCCCCCC(=O)NCCNC(=O)CCCCCCCCC(CCCCCCCC)C(CCCCCCCC)CCCCCCCCC(=O)OCCCCCC(=O)OCCC. The van der Waals surface area contributed by atoms with E-state index in [-0.39, 0.29) is 55.3 Å². The molecule has 14 nitrogen and oxygen atoms in total. The highest BCUT2D eigenvalue weighted by Gasteiger charge is 2.23. The zero-order chi connectivity index (χ0) is 78.7. The van der Waals surface area contributed by atoms with E-state index in [9.17, 15) is 33.6 Å². The van der Waals surface area contributed by atoms with Crippen LogP contribution in [0.15, 0.2) is 12.7 Å². The second kappa shape index (κ2) is 84.0. The number of hydrogen-bond donors (Lipinski definition) is 2. The summed E-state index contributed by atoms with van der Waals surface area (Å²) >= 11 is 0. The molecule has 4 unspecified atom stereocenters. The molecule has 2 amide bonds. The first-order valence-corrected chi connectivity index (χ1v) is 46.9. The number of carbonyl (C=O) groups excluding carboxylic acids is 7. The predicted octanol–water partition coefficient (Wildman–Crippen LogP) is 26.6. The van der Waals surface area contributed by atoms with Crippen molar-refractivity contribution in [2.75, 3.05) is 46.1 Å². The van der Waals surface area contributed by atoms with Crippen molar-refractivity contribution >= 4 is 41.7 Å². The minimum atomic E-state index is -0.539. The van der Waals surface area contributed by atoms with Crippen molar-refractivity contribution in [3.8, 4) is 0 Å². The third-order valence-corrected chi connectivity index (χ3v) is 22.5. The first kappa shape index (κ1) is 104. The average molecular weight is 1530 g/mol. The van der Waals surface area contributed by atoms with E-state index in [1.54, 1.807) is 0 Å². The summed E-state index contributed by atoms with van der Waals surface area (Å²) in [6.07, 6.45) is 81.2. The van der Waals surface area contributed by atoms with Gasteiger partial charge in [0, 0.05) is 57.7 Å².